The maximum absolute atomic E-state index is 7.31. The zero-order valence-corrected chi connectivity index (χ0v) is 31.6. The normalized spacial score (nSPS) is 19.0. The average molecular weight is 670 g/mol. The van der Waals surface area contributed by atoms with E-state index in [0.717, 1.165) is 37.1 Å². The van der Waals surface area contributed by atoms with Crippen LogP contribution in [0.3, 0.4) is 0 Å². The summed E-state index contributed by atoms with van der Waals surface area (Å²) < 4.78 is 2.58. The van der Waals surface area contributed by atoms with E-state index >= 15 is 0 Å². The fourth-order valence-electron chi connectivity index (χ4n) is 7.91. The Morgan fingerprint density at radius 3 is 2.24 bits per heavy atom. The Labute approximate surface area is 300 Å². The second kappa shape index (κ2) is 14.2. The molecule has 1 aliphatic carbocycles. The lowest BCUT2D eigenvalue weighted by Crippen LogP contribution is -2.35. The van der Waals surface area contributed by atoms with Crippen LogP contribution in [0, 0.1) is 0 Å². The first-order valence-corrected chi connectivity index (χ1v) is 18.8. The molecule has 6 rings (SSSR count). The van der Waals surface area contributed by atoms with Crippen LogP contribution in [-0.4, -0.2) is 22.4 Å². The van der Waals surface area contributed by atoms with E-state index in [-0.39, 0.29) is 10.8 Å². The fourth-order valence-corrected chi connectivity index (χ4v) is 8.23. The van der Waals surface area contributed by atoms with Gasteiger partial charge >= 0.3 is 0 Å². The van der Waals surface area contributed by atoms with Crippen LogP contribution in [0.15, 0.2) is 125 Å². The lowest BCUT2D eigenvalue weighted by Gasteiger charge is -2.33. The van der Waals surface area contributed by atoms with E-state index < -0.39 is 0 Å². The van der Waals surface area contributed by atoms with Gasteiger partial charge in [-0.25, -0.2) is 0 Å². The lowest BCUT2D eigenvalue weighted by atomic mass is 9.78. The van der Waals surface area contributed by atoms with Gasteiger partial charge in [-0.3, -0.25) is 0 Å². The maximum Gasteiger partial charge on any atom is 0.210 e. The molecule has 4 aromatic carbocycles. The first-order chi connectivity index (χ1) is 23.5. The molecule has 2 atom stereocenters. The van der Waals surface area contributed by atoms with E-state index in [1.54, 1.807) is 0 Å². The van der Waals surface area contributed by atoms with Crippen molar-refractivity contribution in [1.82, 2.24) is 5.32 Å². The van der Waals surface area contributed by atoms with E-state index in [0.29, 0.717) is 12.1 Å². The van der Waals surface area contributed by atoms with Gasteiger partial charge in [-0.1, -0.05) is 118 Å². The van der Waals surface area contributed by atoms with Gasteiger partial charge in [-0.2, -0.15) is 4.58 Å². The Balaban J connectivity index is 1.39. The minimum absolute atomic E-state index is 0.136. The van der Waals surface area contributed by atoms with Gasteiger partial charge in [-0.05, 0) is 104 Å². The van der Waals surface area contributed by atoms with Crippen LogP contribution in [0.4, 0.5) is 5.69 Å². The van der Waals surface area contributed by atoms with Crippen molar-refractivity contribution in [3.63, 3.8) is 0 Å². The molecule has 0 aromatic heterocycles. The molecular weight excluding hydrogens is 616 g/mol. The number of nitrogens with zero attached hydrogens (tertiary/aromatic N) is 1. The summed E-state index contributed by atoms with van der Waals surface area (Å²) in [6.07, 6.45) is 14.5. The summed E-state index contributed by atoms with van der Waals surface area (Å²) in [6.45, 7) is 18.6. The molecule has 0 spiro atoms. The van der Waals surface area contributed by atoms with Crippen molar-refractivity contribution >= 4 is 44.5 Å². The van der Waals surface area contributed by atoms with E-state index in [4.69, 9.17) is 11.6 Å². The SMILES string of the molecule is CCC(C)N/C(=C/C=C1\CCCC(/C=C/C2=[N+](C(C)CC)c3ccc4ccccc4c3C2(C)C)=C1Cl)C(C)(C)c1cccc2ccccc12. The van der Waals surface area contributed by atoms with Crippen molar-refractivity contribution in [3.05, 3.63) is 136 Å². The molecular formula is C46H54ClN2+. The number of allylic oxidation sites excluding steroid dienone is 8. The van der Waals surface area contributed by atoms with Gasteiger partial charge in [0.15, 0.2) is 11.8 Å². The third kappa shape index (κ3) is 6.57. The van der Waals surface area contributed by atoms with Gasteiger partial charge < -0.3 is 5.32 Å². The number of rotatable bonds is 10. The van der Waals surface area contributed by atoms with Crippen LogP contribution in [0.1, 0.15) is 98.6 Å². The van der Waals surface area contributed by atoms with E-state index in [1.165, 1.54) is 60.9 Å². The third-order valence-electron chi connectivity index (χ3n) is 11.2. The Kier molecular flexibility index (Phi) is 10.1. The summed E-state index contributed by atoms with van der Waals surface area (Å²) in [7, 11) is 0. The molecule has 254 valence electrons. The molecule has 1 heterocycles. The molecule has 4 aromatic rings. The number of hydrogen-bond donors (Lipinski definition) is 1. The predicted octanol–water partition coefficient (Wildman–Crippen LogP) is 12.6. The summed E-state index contributed by atoms with van der Waals surface area (Å²) in [5.41, 5.74) is 8.74. The van der Waals surface area contributed by atoms with Gasteiger partial charge in [0.25, 0.3) is 0 Å². The third-order valence-corrected chi connectivity index (χ3v) is 11.7. The number of hydrogen-bond acceptors (Lipinski definition) is 1. The molecule has 1 N–H and O–H groups in total. The minimum atomic E-state index is -0.224. The van der Waals surface area contributed by atoms with Gasteiger partial charge in [0, 0.05) is 46.3 Å². The van der Waals surface area contributed by atoms with E-state index in [9.17, 15) is 0 Å². The molecule has 2 unspecified atom stereocenters. The van der Waals surface area contributed by atoms with Crippen LogP contribution in [0.5, 0.6) is 0 Å². The smallest absolute Gasteiger partial charge is 0.210 e. The summed E-state index contributed by atoms with van der Waals surface area (Å²) in [4.78, 5) is 0. The first kappa shape index (κ1) is 35.0. The summed E-state index contributed by atoms with van der Waals surface area (Å²) >= 11 is 7.31. The van der Waals surface area contributed by atoms with Crippen molar-refractivity contribution in [3.8, 4) is 0 Å². The van der Waals surface area contributed by atoms with Crippen LogP contribution >= 0.6 is 11.6 Å². The lowest BCUT2D eigenvalue weighted by molar-refractivity contribution is -0.478. The minimum Gasteiger partial charge on any atom is -0.385 e. The van der Waals surface area contributed by atoms with Gasteiger partial charge in [0.1, 0.15) is 0 Å². The molecule has 0 amide bonds. The van der Waals surface area contributed by atoms with Crippen LogP contribution in [0.25, 0.3) is 21.5 Å². The summed E-state index contributed by atoms with van der Waals surface area (Å²) in [5, 5.41) is 10.0. The van der Waals surface area contributed by atoms with Crippen molar-refractivity contribution in [2.24, 2.45) is 0 Å². The van der Waals surface area contributed by atoms with Crippen LogP contribution in [0.2, 0.25) is 0 Å². The zero-order chi connectivity index (χ0) is 34.9. The van der Waals surface area contributed by atoms with Crippen LogP contribution in [-0.2, 0) is 10.8 Å². The number of fused-ring (bicyclic) bond motifs is 4. The fraction of sp³-hybridized carbons (Fsp3) is 0.370. The Morgan fingerprint density at radius 1 is 0.857 bits per heavy atom. The highest BCUT2D eigenvalue weighted by molar-refractivity contribution is 6.32. The molecule has 0 bridgehead atoms. The number of nitrogens with one attached hydrogen (secondary N) is 1. The number of benzene rings is 4. The van der Waals surface area contributed by atoms with Crippen molar-refractivity contribution < 1.29 is 4.58 Å². The topological polar surface area (TPSA) is 15.0 Å². The average Bonchev–Trinajstić information content (AvgIpc) is 3.34. The van der Waals surface area contributed by atoms with Crippen molar-refractivity contribution in [2.45, 2.75) is 110 Å². The molecule has 0 radical (unpaired) electrons. The number of halogens is 1. The largest absolute Gasteiger partial charge is 0.385 e. The van der Waals surface area contributed by atoms with Gasteiger partial charge in [0.2, 0.25) is 5.69 Å². The quantitative estimate of drug-likeness (QED) is 0.166. The second-order valence-electron chi connectivity index (χ2n) is 15.2. The van der Waals surface area contributed by atoms with Crippen molar-refractivity contribution in [2.75, 3.05) is 0 Å². The Morgan fingerprint density at radius 2 is 1.53 bits per heavy atom. The summed E-state index contributed by atoms with van der Waals surface area (Å²) in [6, 6.07) is 29.6. The molecule has 1 aliphatic heterocycles. The zero-order valence-electron chi connectivity index (χ0n) is 30.8. The van der Waals surface area contributed by atoms with E-state index in [1.807, 2.05) is 0 Å². The van der Waals surface area contributed by atoms with Crippen LogP contribution < -0.4 is 5.32 Å². The molecule has 2 nitrogen and oxygen atoms in total. The highest BCUT2D eigenvalue weighted by Crippen LogP contribution is 2.46. The molecule has 3 heteroatoms. The highest BCUT2D eigenvalue weighted by Gasteiger charge is 2.46. The van der Waals surface area contributed by atoms with Crippen molar-refractivity contribution in [1.29, 1.82) is 0 Å². The predicted molar refractivity (Wildman–Crippen MR) is 214 cm³/mol. The molecule has 0 saturated carbocycles. The molecule has 2 aliphatic rings. The molecule has 0 fully saturated rings. The van der Waals surface area contributed by atoms with E-state index in [2.05, 4.69) is 168 Å². The monoisotopic (exact) mass is 669 g/mol. The van der Waals surface area contributed by atoms with Gasteiger partial charge in [-0.15, -0.1) is 0 Å². The highest BCUT2D eigenvalue weighted by atomic mass is 35.5. The Hall–Kier alpha value is -3.88. The maximum atomic E-state index is 7.31. The standard InChI is InChI=1S/C46H53ClN2/c1-9-31(3)48-41(45(5,6)39-24-16-19-33-17-11-13-22-37(33)39)29-26-35-20-15-21-36(44(35)47)27-30-42-46(7,8)43-38-23-14-12-18-34(38)25-28-40(43)49(42)32(4)10-2/h11-14,16-19,22-32H,9-10,15,20-21H2,1-8H3/p+1. The van der Waals surface area contributed by atoms with Gasteiger partial charge in [0.05, 0.1) is 5.41 Å². The Bertz CT molecular complexity index is 2030. The first-order valence-electron chi connectivity index (χ1n) is 18.4. The summed E-state index contributed by atoms with van der Waals surface area (Å²) in [5.74, 6) is 0. The molecule has 0 saturated heterocycles. The second-order valence-corrected chi connectivity index (χ2v) is 15.6. The molecule has 49 heavy (non-hydrogen) atoms.